The van der Waals surface area contributed by atoms with Crippen molar-refractivity contribution in [3.8, 4) is 0 Å². The molecule has 2 N–H and O–H groups in total. The largest absolute Gasteiger partial charge is 0.378 e. The molecule has 3 atom stereocenters. The van der Waals surface area contributed by atoms with E-state index in [0.717, 1.165) is 39.0 Å². The van der Waals surface area contributed by atoms with Crippen LogP contribution in [0.3, 0.4) is 0 Å². The molecule has 8 nitrogen and oxygen atoms in total. The molecule has 0 bridgehead atoms. The summed E-state index contributed by atoms with van der Waals surface area (Å²) < 4.78 is 0. The number of nitrogens with zero attached hydrogens (tertiary/aromatic N) is 5. The summed E-state index contributed by atoms with van der Waals surface area (Å²) >= 11 is 0. The van der Waals surface area contributed by atoms with Crippen LogP contribution in [0, 0.1) is 27.9 Å². The zero-order valence-corrected chi connectivity index (χ0v) is 15.3. The first-order valence-corrected chi connectivity index (χ1v) is 9.17. The highest BCUT2D eigenvalue weighted by atomic mass is 16.6. The number of hydrogen-bond donors (Lipinski definition) is 1. The van der Waals surface area contributed by atoms with Crippen LogP contribution in [0.4, 0.5) is 23.3 Å². The van der Waals surface area contributed by atoms with Crippen LogP contribution in [0.1, 0.15) is 40.0 Å². The Labute approximate surface area is 148 Å². The van der Waals surface area contributed by atoms with Gasteiger partial charge in [-0.05, 0) is 37.0 Å². The minimum absolute atomic E-state index is 0.0332. The van der Waals surface area contributed by atoms with Gasteiger partial charge in [0.05, 0.1) is 4.92 Å². The van der Waals surface area contributed by atoms with Crippen LogP contribution < -0.4 is 15.5 Å². The Bertz CT molecular complexity index is 642. The van der Waals surface area contributed by atoms with Gasteiger partial charge in [-0.15, -0.1) is 0 Å². The van der Waals surface area contributed by atoms with E-state index in [1.807, 2.05) is 4.90 Å². The lowest BCUT2D eigenvalue weighted by molar-refractivity contribution is -0.383. The number of aromatic nitrogens is 2. The van der Waals surface area contributed by atoms with Crippen LogP contribution in [-0.2, 0) is 0 Å². The lowest BCUT2D eigenvalue weighted by Gasteiger charge is -2.36. The first-order chi connectivity index (χ1) is 11.8. The average molecular weight is 348 g/mol. The topological polar surface area (TPSA) is 101 Å². The number of hydrogen-bond acceptors (Lipinski definition) is 7. The summed E-state index contributed by atoms with van der Waals surface area (Å²) in [6.45, 7) is 9.85. The van der Waals surface area contributed by atoms with Gasteiger partial charge in [0.1, 0.15) is 0 Å². The summed E-state index contributed by atoms with van der Waals surface area (Å²) in [4.78, 5) is 24.2. The molecule has 1 aromatic rings. The van der Waals surface area contributed by atoms with E-state index in [0.29, 0.717) is 29.5 Å². The van der Waals surface area contributed by atoms with Crippen molar-refractivity contribution in [2.45, 2.75) is 40.0 Å². The van der Waals surface area contributed by atoms with Crippen molar-refractivity contribution in [3.63, 3.8) is 0 Å². The minimum Gasteiger partial charge on any atom is -0.378 e. The second-order valence-corrected chi connectivity index (χ2v) is 7.88. The van der Waals surface area contributed by atoms with Crippen LogP contribution in [-0.4, -0.2) is 41.1 Å². The normalized spacial score (nSPS) is 27.4. The van der Waals surface area contributed by atoms with Crippen molar-refractivity contribution in [1.29, 1.82) is 0 Å². The number of rotatable bonds is 3. The molecule has 2 aliphatic heterocycles. The smallest absolute Gasteiger partial charge is 0.353 e. The van der Waals surface area contributed by atoms with E-state index in [2.05, 4.69) is 35.6 Å². The Morgan fingerprint density at radius 1 is 1.08 bits per heavy atom. The molecule has 2 fully saturated rings. The molecule has 0 saturated carbocycles. The molecule has 138 valence electrons. The fourth-order valence-electron chi connectivity index (χ4n) is 4.19. The summed E-state index contributed by atoms with van der Waals surface area (Å²) in [7, 11) is 0. The first-order valence-electron chi connectivity index (χ1n) is 9.17. The van der Waals surface area contributed by atoms with E-state index in [1.54, 1.807) is 0 Å². The molecule has 1 aromatic heterocycles. The average Bonchev–Trinajstić information content (AvgIpc) is 2.52. The molecule has 25 heavy (non-hydrogen) atoms. The van der Waals surface area contributed by atoms with E-state index in [1.165, 1.54) is 6.42 Å². The Morgan fingerprint density at radius 3 is 2.32 bits per heavy atom. The van der Waals surface area contributed by atoms with Crippen molar-refractivity contribution in [1.82, 2.24) is 9.97 Å². The highest BCUT2D eigenvalue weighted by Crippen LogP contribution is 2.36. The summed E-state index contributed by atoms with van der Waals surface area (Å²) in [6.07, 6.45) is 3.32. The third-order valence-corrected chi connectivity index (χ3v) is 5.17. The van der Waals surface area contributed by atoms with Crippen LogP contribution in [0.5, 0.6) is 0 Å². The maximum Gasteiger partial charge on any atom is 0.353 e. The Kier molecular flexibility index (Phi) is 4.96. The highest BCUT2D eigenvalue weighted by Gasteiger charge is 2.32. The molecule has 0 aliphatic carbocycles. The molecule has 2 saturated heterocycles. The van der Waals surface area contributed by atoms with Gasteiger partial charge in [0, 0.05) is 26.2 Å². The highest BCUT2D eigenvalue weighted by molar-refractivity contribution is 5.71. The molecular formula is C17H28N6O2. The SMILES string of the molecule is C[C@@H]1CCCN(c2nc(N3C[C@@H](C)C[C@H](C)C3)nc(N)c2[N+](=O)[O-])C1. The fraction of sp³-hybridized carbons (Fsp3) is 0.765. The Morgan fingerprint density at radius 2 is 1.72 bits per heavy atom. The van der Waals surface area contributed by atoms with Crippen molar-refractivity contribution in [3.05, 3.63) is 10.1 Å². The summed E-state index contributed by atoms with van der Waals surface area (Å²) in [5, 5.41) is 11.6. The van der Waals surface area contributed by atoms with E-state index in [4.69, 9.17) is 5.73 Å². The van der Waals surface area contributed by atoms with Crippen LogP contribution in [0.2, 0.25) is 0 Å². The number of nitro groups is 1. The predicted molar refractivity (Wildman–Crippen MR) is 98.9 cm³/mol. The minimum atomic E-state index is -0.449. The fourth-order valence-corrected chi connectivity index (χ4v) is 4.19. The van der Waals surface area contributed by atoms with Gasteiger partial charge in [-0.25, -0.2) is 0 Å². The number of anilines is 3. The molecule has 2 aliphatic rings. The quantitative estimate of drug-likeness (QED) is 0.662. The van der Waals surface area contributed by atoms with Gasteiger partial charge in [0.25, 0.3) is 0 Å². The zero-order chi connectivity index (χ0) is 18.1. The van der Waals surface area contributed by atoms with Gasteiger partial charge < -0.3 is 15.5 Å². The lowest BCUT2D eigenvalue weighted by atomic mass is 9.92. The molecule has 3 heterocycles. The zero-order valence-electron chi connectivity index (χ0n) is 15.3. The Balaban J connectivity index is 1.99. The second-order valence-electron chi connectivity index (χ2n) is 7.88. The van der Waals surface area contributed by atoms with E-state index in [-0.39, 0.29) is 11.5 Å². The van der Waals surface area contributed by atoms with E-state index < -0.39 is 4.92 Å². The van der Waals surface area contributed by atoms with Gasteiger partial charge in [-0.2, -0.15) is 9.97 Å². The van der Waals surface area contributed by atoms with Crippen LogP contribution in [0.15, 0.2) is 0 Å². The third kappa shape index (κ3) is 3.77. The van der Waals surface area contributed by atoms with Gasteiger partial charge in [-0.3, -0.25) is 10.1 Å². The molecule has 0 spiro atoms. The van der Waals surface area contributed by atoms with E-state index >= 15 is 0 Å². The Hall–Kier alpha value is -2.12. The lowest BCUT2D eigenvalue weighted by Crippen LogP contribution is -2.40. The maximum absolute atomic E-state index is 11.6. The molecule has 0 amide bonds. The van der Waals surface area contributed by atoms with Crippen molar-refractivity contribution < 1.29 is 4.92 Å². The summed E-state index contributed by atoms with van der Waals surface area (Å²) in [6, 6.07) is 0. The van der Waals surface area contributed by atoms with Crippen molar-refractivity contribution in [2.75, 3.05) is 41.7 Å². The van der Waals surface area contributed by atoms with Gasteiger partial charge in [-0.1, -0.05) is 20.8 Å². The van der Waals surface area contributed by atoms with Gasteiger partial charge >= 0.3 is 5.69 Å². The van der Waals surface area contributed by atoms with Gasteiger partial charge in [0.2, 0.25) is 17.6 Å². The standard InChI is InChI=1S/C17H28N6O2/c1-11-5-4-6-21(8-11)16-14(23(24)25)15(18)19-17(20-16)22-9-12(2)7-13(3)10-22/h11-13H,4-10H2,1-3H3,(H2,18,19,20)/t11-,12+,13+/m1/s1. The number of piperidine rings is 2. The molecule has 8 heteroatoms. The molecule has 0 radical (unpaired) electrons. The molecule has 0 unspecified atom stereocenters. The van der Waals surface area contributed by atoms with Crippen molar-refractivity contribution in [2.24, 2.45) is 17.8 Å². The number of nitrogens with two attached hydrogens (primary N) is 1. The summed E-state index contributed by atoms with van der Waals surface area (Å²) in [5.41, 5.74) is 5.84. The van der Waals surface area contributed by atoms with Crippen molar-refractivity contribution >= 4 is 23.3 Å². The summed E-state index contributed by atoms with van der Waals surface area (Å²) in [5.74, 6) is 2.45. The van der Waals surface area contributed by atoms with Crippen LogP contribution in [0.25, 0.3) is 0 Å². The molecule has 0 aromatic carbocycles. The van der Waals surface area contributed by atoms with Gasteiger partial charge in [0.15, 0.2) is 0 Å². The first kappa shape index (κ1) is 17.7. The molecular weight excluding hydrogens is 320 g/mol. The number of nitrogen functional groups attached to an aromatic ring is 1. The second kappa shape index (κ2) is 7.01. The third-order valence-electron chi connectivity index (χ3n) is 5.17. The maximum atomic E-state index is 11.6. The van der Waals surface area contributed by atoms with E-state index in [9.17, 15) is 10.1 Å². The monoisotopic (exact) mass is 348 g/mol. The molecule has 3 rings (SSSR count). The predicted octanol–water partition coefficient (Wildman–Crippen LogP) is 2.69. The van der Waals surface area contributed by atoms with Crippen LogP contribution >= 0.6 is 0 Å².